The van der Waals surface area contributed by atoms with Crippen molar-refractivity contribution in [2.45, 2.75) is 25.6 Å². The Bertz CT molecular complexity index is 420. The van der Waals surface area contributed by atoms with Gasteiger partial charge in [-0.05, 0) is 37.6 Å². The summed E-state index contributed by atoms with van der Waals surface area (Å²) in [6.07, 6.45) is -3.78. The minimum Gasteiger partial charge on any atom is -0.310 e. The molecule has 0 saturated heterocycles. The Morgan fingerprint density at radius 2 is 1.89 bits per heavy atom. The van der Waals surface area contributed by atoms with Crippen molar-refractivity contribution in [2.24, 2.45) is 0 Å². The Labute approximate surface area is 112 Å². The zero-order valence-corrected chi connectivity index (χ0v) is 11.2. The van der Waals surface area contributed by atoms with Gasteiger partial charge in [-0.3, -0.25) is 0 Å². The minimum atomic E-state index is -4.32. The van der Waals surface area contributed by atoms with Crippen LogP contribution in [0.15, 0.2) is 24.3 Å². The van der Waals surface area contributed by atoms with Gasteiger partial charge in [-0.25, -0.2) is 4.21 Å². The van der Waals surface area contributed by atoms with Crippen LogP contribution in [-0.2, 0) is 17.3 Å². The summed E-state index contributed by atoms with van der Waals surface area (Å²) in [5.74, 6) is 0.187. The molecule has 108 valence electrons. The average Bonchev–Trinajstić information content (AvgIpc) is 2.33. The van der Waals surface area contributed by atoms with Crippen LogP contribution in [0.2, 0.25) is 0 Å². The Morgan fingerprint density at radius 1 is 1.32 bits per heavy atom. The van der Waals surface area contributed by atoms with E-state index in [4.69, 9.17) is 4.55 Å². The lowest BCUT2D eigenvalue weighted by atomic mass is 10.1. The molecule has 0 bridgehead atoms. The molecule has 1 rings (SSSR count). The summed E-state index contributed by atoms with van der Waals surface area (Å²) in [4.78, 5) is 0. The first-order valence-electron chi connectivity index (χ1n) is 5.78. The number of rotatable bonds is 6. The molecule has 2 N–H and O–H groups in total. The average molecular weight is 295 g/mol. The second-order valence-electron chi connectivity index (χ2n) is 4.17. The van der Waals surface area contributed by atoms with Crippen molar-refractivity contribution < 1.29 is 21.9 Å². The number of alkyl halides is 3. The SMILES string of the molecule is CC(NCCCS(=O)O)c1ccc(C(F)(F)F)cc1. The molecule has 0 aromatic heterocycles. The summed E-state index contributed by atoms with van der Waals surface area (Å²) >= 11 is -1.80. The lowest BCUT2D eigenvalue weighted by Crippen LogP contribution is -2.21. The second-order valence-corrected chi connectivity index (χ2v) is 5.23. The largest absolute Gasteiger partial charge is 0.416 e. The zero-order chi connectivity index (χ0) is 14.5. The fourth-order valence-corrected chi connectivity index (χ4v) is 1.98. The molecule has 3 nitrogen and oxygen atoms in total. The molecule has 0 aliphatic rings. The highest BCUT2D eigenvalue weighted by atomic mass is 32.2. The van der Waals surface area contributed by atoms with E-state index >= 15 is 0 Å². The molecule has 19 heavy (non-hydrogen) atoms. The molecule has 0 radical (unpaired) electrons. The molecule has 0 fully saturated rings. The van der Waals surface area contributed by atoms with Crippen molar-refractivity contribution in [1.29, 1.82) is 0 Å². The van der Waals surface area contributed by atoms with E-state index < -0.39 is 22.8 Å². The first-order valence-corrected chi connectivity index (χ1v) is 7.06. The van der Waals surface area contributed by atoms with Crippen molar-refractivity contribution in [3.8, 4) is 0 Å². The van der Waals surface area contributed by atoms with Crippen LogP contribution in [0.3, 0.4) is 0 Å². The first-order chi connectivity index (χ1) is 8.80. The van der Waals surface area contributed by atoms with E-state index in [-0.39, 0.29) is 11.8 Å². The van der Waals surface area contributed by atoms with E-state index in [2.05, 4.69) is 5.32 Å². The van der Waals surface area contributed by atoms with Gasteiger partial charge in [0.05, 0.1) is 11.3 Å². The van der Waals surface area contributed by atoms with Gasteiger partial charge in [0.25, 0.3) is 0 Å². The molecule has 0 aliphatic heterocycles. The molecule has 0 spiro atoms. The van der Waals surface area contributed by atoms with Gasteiger partial charge in [0.2, 0.25) is 0 Å². The highest BCUT2D eigenvalue weighted by Gasteiger charge is 2.30. The molecule has 2 unspecified atom stereocenters. The van der Waals surface area contributed by atoms with Crippen LogP contribution in [0.4, 0.5) is 13.2 Å². The van der Waals surface area contributed by atoms with Gasteiger partial charge in [-0.15, -0.1) is 0 Å². The van der Waals surface area contributed by atoms with E-state index in [1.54, 1.807) is 0 Å². The number of hydrogen-bond donors (Lipinski definition) is 2. The maximum atomic E-state index is 12.4. The van der Waals surface area contributed by atoms with Crippen molar-refractivity contribution in [3.05, 3.63) is 35.4 Å². The predicted octanol–water partition coefficient (Wildman–Crippen LogP) is 2.97. The third-order valence-corrected chi connectivity index (χ3v) is 3.32. The Kier molecular flexibility index (Phi) is 5.96. The van der Waals surface area contributed by atoms with Crippen LogP contribution in [0, 0.1) is 0 Å². The normalized spacial score (nSPS) is 15.2. The van der Waals surface area contributed by atoms with E-state index in [1.807, 2.05) is 6.92 Å². The third-order valence-electron chi connectivity index (χ3n) is 2.68. The van der Waals surface area contributed by atoms with Crippen LogP contribution in [0.5, 0.6) is 0 Å². The van der Waals surface area contributed by atoms with E-state index in [9.17, 15) is 17.4 Å². The monoisotopic (exact) mass is 295 g/mol. The second kappa shape index (κ2) is 7.02. The lowest BCUT2D eigenvalue weighted by Gasteiger charge is -2.15. The van der Waals surface area contributed by atoms with Crippen molar-refractivity contribution >= 4 is 11.1 Å². The van der Waals surface area contributed by atoms with Gasteiger partial charge in [0.15, 0.2) is 11.1 Å². The number of hydrogen-bond acceptors (Lipinski definition) is 2. The summed E-state index contributed by atoms with van der Waals surface area (Å²) in [6.45, 7) is 2.37. The Balaban J connectivity index is 2.49. The Hall–Kier alpha value is -0.920. The predicted molar refractivity (Wildman–Crippen MR) is 68.1 cm³/mol. The number of benzene rings is 1. The quantitative estimate of drug-likeness (QED) is 0.626. The van der Waals surface area contributed by atoms with Gasteiger partial charge in [0.1, 0.15) is 0 Å². The van der Waals surface area contributed by atoms with Crippen molar-refractivity contribution in [2.75, 3.05) is 12.3 Å². The molecule has 1 aromatic rings. The number of halogens is 3. The minimum absolute atomic E-state index is 0.102. The third kappa shape index (κ3) is 5.71. The van der Waals surface area contributed by atoms with E-state index in [0.717, 1.165) is 17.7 Å². The van der Waals surface area contributed by atoms with Crippen LogP contribution in [0.1, 0.15) is 30.5 Å². The summed E-state index contributed by atoms with van der Waals surface area (Å²) in [6, 6.07) is 4.87. The maximum Gasteiger partial charge on any atom is 0.416 e. The highest BCUT2D eigenvalue weighted by Crippen LogP contribution is 2.29. The molecular formula is C12H16F3NO2S. The van der Waals surface area contributed by atoms with E-state index in [0.29, 0.717) is 13.0 Å². The van der Waals surface area contributed by atoms with Gasteiger partial charge >= 0.3 is 6.18 Å². The molecular weight excluding hydrogens is 279 g/mol. The standard InChI is InChI=1S/C12H16F3NO2S/c1-9(16-7-2-8-19(17)18)10-3-5-11(6-4-10)12(13,14)15/h3-6,9,16H,2,7-8H2,1H3,(H,17,18). The fraction of sp³-hybridized carbons (Fsp3) is 0.500. The van der Waals surface area contributed by atoms with E-state index in [1.165, 1.54) is 12.1 Å². The molecule has 1 aromatic carbocycles. The van der Waals surface area contributed by atoms with Gasteiger partial charge < -0.3 is 9.87 Å². The number of nitrogens with one attached hydrogen (secondary N) is 1. The van der Waals surface area contributed by atoms with Crippen LogP contribution >= 0.6 is 0 Å². The highest BCUT2D eigenvalue weighted by molar-refractivity contribution is 7.79. The zero-order valence-electron chi connectivity index (χ0n) is 10.4. The van der Waals surface area contributed by atoms with Crippen LogP contribution in [0.25, 0.3) is 0 Å². The molecule has 0 saturated carbocycles. The fourth-order valence-electron chi connectivity index (χ4n) is 1.59. The first kappa shape index (κ1) is 16.1. The summed E-state index contributed by atoms with van der Waals surface area (Å²) in [7, 11) is 0. The van der Waals surface area contributed by atoms with Gasteiger partial charge in [0, 0.05) is 6.04 Å². The molecule has 0 amide bonds. The van der Waals surface area contributed by atoms with Gasteiger partial charge in [-0.2, -0.15) is 13.2 Å². The molecule has 7 heteroatoms. The topological polar surface area (TPSA) is 49.3 Å². The molecule has 0 heterocycles. The van der Waals surface area contributed by atoms with Crippen molar-refractivity contribution in [1.82, 2.24) is 5.32 Å². The summed E-state index contributed by atoms with van der Waals surface area (Å²) < 4.78 is 56.1. The van der Waals surface area contributed by atoms with Crippen LogP contribution in [-0.4, -0.2) is 21.1 Å². The smallest absolute Gasteiger partial charge is 0.310 e. The molecule has 0 aliphatic carbocycles. The maximum absolute atomic E-state index is 12.4. The summed E-state index contributed by atoms with van der Waals surface area (Å²) in [5, 5.41) is 3.09. The summed E-state index contributed by atoms with van der Waals surface area (Å²) in [5.41, 5.74) is 0.0808. The molecule has 2 atom stereocenters. The van der Waals surface area contributed by atoms with Crippen LogP contribution < -0.4 is 5.32 Å². The lowest BCUT2D eigenvalue weighted by molar-refractivity contribution is -0.137. The van der Waals surface area contributed by atoms with Gasteiger partial charge in [-0.1, -0.05) is 12.1 Å². The Morgan fingerprint density at radius 3 is 2.37 bits per heavy atom. The van der Waals surface area contributed by atoms with Crippen molar-refractivity contribution in [3.63, 3.8) is 0 Å².